The Morgan fingerprint density at radius 2 is 1.56 bits per heavy atom. The molecule has 0 unspecified atom stereocenters. The Balaban J connectivity index is 0.000000465. The fraction of sp³-hybridized carbons (Fsp3) is 0.235. The van der Waals surface area contributed by atoms with Crippen molar-refractivity contribution in [1.82, 2.24) is 0 Å². The van der Waals surface area contributed by atoms with Gasteiger partial charge in [-0.15, -0.1) is 0 Å². The topological polar surface area (TPSA) is 29.5 Å². The fourth-order valence-electron chi connectivity index (χ4n) is 2.54. The predicted molar refractivity (Wildman–Crippen MR) is 101 cm³/mol. The molecule has 0 aliphatic carbocycles. The van der Waals surface area contributed by atoms with Gasteiger partial charge < -0.3 is 9.64 Å². The molecular weight excluding hydrogens is 449 g/mol. The van der Waals surface area contributed by atoms with Crippen LogP contribution in [0.4, 0.5) is 18.9 Å². The maximum Gasteiger partial charge on any atom is 0.416 e. The highest BCUT2D eigenvalue weighted by atomic mass is 35.6. The van der Waals surface area contributed by atoms with Crippen molar-refractivity contribution in [3.63, 3.8) is 0 Å². The molecule has 27 heavy (non-hydrogen) atoms. The van der Waals surface area contributed by atoms with Crippen LogP contribution in [-0.2, 0) is 12.7 Å². The number of nitrogens with zero attached hydrogens (tertiary/aromatic N) is 1. The summed E-state index contributed by atoms with van der Waals surface area (Å²) in [5.74, 6) is 0.198. The highest BCUT2D eigenvalue weighted by molar-refractivity contribution is 6.83. The van der Waals surface area contributed by atoms with Crippen molar-refractivity contribution < 1.29 is 22.7 Å². The number of amides is 1. The Hall–Kier alpha value is -1.34. The minimum atomic E-state index is -4.39. The Morgan fingerprint density at radius 3 is 2.04 bits per heavy atom. The number of halogens is 7. The van der Waals surface area contributed by atoms with Crippen molar-refractivity contribution in [1.29, 1.82) is 0 Å². The van der Waals surface area contributed by atoms with Crippen molar-refractivity contribution in [3.05, 3.63) is 59.2 Å². The third-order valence-corrected chi connectivity index (χ3v) is 3.63. The van der Waals surface area contributed by atoms with E-state index in [2.05, 4.69) is 0 Å². The zero-order chi connectivity index (χ0) is 20.4. The number of ether oxygens (including phenoxy) is 1. The van der Waals surface area contributed by atoms with E-state index in [9.17, 15) is 18.0 Å². The Kier molecular flexibility index (Phi) is 6.79. The standard InChI is InChI=1S/C16H12F3NO2.CCl4/c1-22-13-4-2-3-10-9-20(15(21)14(10)13)12-7-5-11(6-8-12)16(17,18)19;2-1(3,4)5/h2-8H,9H2,1H3;. The molecule has 0 N–H and O–H groups in total. The van der Waals surface area contributed by atoms with Gasteiger partial charge in [0.15, 0.2) is 0 Å². The van der Waals surface area contributed by atoms with Crippen molar-refractivity contribution in [2.45, 2.75) is 16.0 Å². The van der Waals surface area contributed by atoms with Gasteiger partial charge in [0.1, 0.15) is 5.75 Å². The predicted octanol–water partition coefficient (Wildman–Crippen LogP) is 6.43. The van der Waals surface area contributed by atoms with Crippen LogP contribution in [0.3, 0.4) is 0 Å². The van der Waals surface area contributed by atoms with E-state index in [0.717, 1.165) is 17.7 Å². The average molecular weight is 461 g/mol. The van der Waals surface area contributed by atoms with Gasteiger partial charge in [0.05, 0.1) is 24.8 Å². The van der Waals surface area contributed by atoms with Crippen LogP contribution in [0.2, 0.25) is 0 Å². The zero-order valence-electron chi connectivity index (χ0n) is 13.7. The van der Waals surface area contributed by atoms with Crippen LogP contribution in [0.25, 0.3) is 0 Å². The van der Waals surface area contributed by atoms with Crippen LogP contribution in [0.5, 0.6) is 5.75 Å². The van der Waals surface area contributed by atoms with Gasteiger partial charge in [0.25, 0.3) is 9.16 Å². The second kappa shape index (κ2) is 8.35. The molecule has 0 bridgehead atoms. The van der Waals surface area contributed by atoms with Crippen LogP contribution >= 0.6 is 46.4 Å². The molecule has 146 valence electrons. The molecule has 1 amide bonds. The highest BCUT2D eigenvalue weighted by Crippen LogP contribution is 2.35. The van der Waals surface area contributed by atoms with Gasteiger partial charge in [0.2, 0.25) is 0 Å². The first-order valence-corrected chi connectivity index (χ1v) is 8.83. The Morgan fingerprint density at radius 1 is 1.00 bits per heavy atom. The lowest BCUT2D eigenvalue weighted by molar-refractivity contribution is -0.137. The normalized spacial score (nSPS) is 13.8. The number of rotatable bonds is 2. The molecule has 2 aromatic rings. The smallest absolute Gasteiger partial charge is 0.416 e. The number of anilines is 1. The van der Waals surface area contributed by atoms with Crippen molar-refractivity contribution in [2.75, 3.05) is 12.0 Å². The van der Waals surface area contributed by atoms with Crippen LogP contribution < -0.4 is 9.64 Å². The molecule has 1 aliphatic heterocycles. The first kappa shape index (κ1) is 22.0. The Labute approximate surface area is 173 Å². The van der Waals surface area contributed by atoms with Crippen LogP contribution in [0, 0.1) is 0 Å². The monoisotopic (exact) mass is 459 g/mol. The van der Waals surface area contributed by atoms with Gasteiger partial charge in [-0.1, -0.05) is 58.5 Å². The van der Waals surface area contributed by atoms with Crippen LogP contribution in [0.1, 0.15) is 21.5 Å². The number of carbonyl (C=O) groups is 1. The lowest BCUT2D eigenvalue weighted by Gasteiger charge is -2.16. The van der Waals surface area contributed by atoms with Gasteiger partial charge in [-0.3, -0.25) is 4.79 Å². The van der Waals surface area contributed by atoms with Crippen molar-refractivity contribution in [2.24, 2.45) is 0 Å². The van der Waals surface area contributed by atoms with E-state index in [-0.39, 0.29) is 5.91 Å². The molecule has 1 heterocycles. The summed E-state index contributed by atoms with van der Waals surface area (Å²) < 4.78 is 41.3. The summed E-state index contributed by atoms with van der Waals surface area (Å²) in [7, 11) is 1.48. The first-order valence-electron chi connectivity index (χ1n) is 7.32. The summed E-state index contributed by atoms with van der Waals surface area (Å²) in [5, 5.41) is 0. The number of hydrogen-bond donors (Lipinski definition) is 0. The largest absolute Gasteiger partial charge is 0.496 e. The molecule has 2 aromatic carbocycles. The molecular formula is C17H12Cl4F3NO2. The third-order valence-electron chi connectivity index (χ3n) is 3.63. The number of benzene rings is 2. The quantitative estimate of drug-likeness (QED) is 0.483. The SMILES string of the molecule is COc1cccc2c1C(=O)N(c1ccc(C(F)(F)F)cc1)C2.ClC(Cl)(Cl)Cl. The third kappa shape index (κ3) is 5.82. The number of fused-ring (bicyclic) bond motifs is 1. The van der Waals surface area contributed by atoms with Crippen LogP contribution in [-0.4, -0.2) is 16.3 Å². The number of alkyl halides is 7. The molecule has 0 saturated carbocycles. The molecule has 0 aromatic heterocycles. The van der Waals surface area contributed by atoms with E-state index < -0.39 is 15.0 Å². The number of methoxy groups -OCH3 is 1. The maximum absolute atomic E-state index is 12.6. The van der Waals surface area contributed by atoms with Gasteiger partial charge >= 0.3 is 6.18 Å². The summed E-state index contributed by atoms with van der Waals surface area (Å²) >= 11 is 19.3. The van der Waals surface area contributed by atoms with E-state index in [0.29, 0.717) is 23.5 Å². The van der Waals surface area contributed by atoms with Crippen molar-refractivity contribution >= 4 is 58.0 Å². The molecule has 1 aliphatic rings. The molecule has 0 saturated heterocycles. The molecule has 3 nitrogen and oxygen atoms in total. The maximum atomic E-state index is 12.6. The molecule has 0 spiro atoms. The number of hydrogen-bond acceptors (Lipinski definition) is 2. The molecule has 0 atom stereocenters. The molecule has 3 rings (SSSR count). The second-order valence-electron chi connectivity index (χ2n) is 5.36. The summed E-state index contributed by atoms with van der Waals surface area (Å²) in [6.07, 6.45) is -4.39. The second-order valence-corrected chi connectivity index (χ2v) is 8.79. The van der Waals surface area contributed by atoms with E-state index in [1.54, 1.807) is 18.2 Å². The Bertz CT molecular complexity index is 814. The van der Waals surface area contributed by atoms with Gasteiger partial charge in [-0.05, 0) is 35.9 Å². The van der Waals surface area contributed by atoms with Gasteiger partial charge in [-0.2, -0.15) is 13.2 Å². The minimum absolute atomic E-state index is 0.271. The first-order chi connectivity index (χ1) is 12.4. The summed E-state index contributed by atoms with van der Waals surface area (Å²) in [5.41, 5.74) is 0.948. The average Bonchev–Trinajstić information content (AvgIpc) is 2.90. The molecule has 0 fully saturated rings. The van der Waals surface area contributed by atoms with E-state index in [4.69, 9.17) is 51.1 Å². The number of carbonyl (C=O) groups excluding carboxylic acids is 1. The summed E-state index contributed by atoms with van der Waals surface area (Å²) in [6, 6.07) is 9.83. The van der Waals surface area contributed by atoms with Crippen LogP contribution in [0.15, 0.2) is 42.5 Å². The van der Waals surface area contributed by atoms with Gasteiger partial charge in [-0.25, -0.2) is 0 Å². The summed E-state index contributed by atoms with van der Waals surface area (Å²) in [4.78, 5) is 13.9. The van der Waals surface area contributed by atoms with E-state index >= 15 is 0 Å². The minimum Gasteiger partial charge on any atom is -0.496 e. The fourth-order valence-corrected chi connectivity index (χ4v) is 2.54. The van der Waals surface area contributed by atoms with Gasteiger partial charge in [0, 0.05) is 5.69 Å². The molecule has 10 heteroatoms. The summed E-state index contributed by atoms with van der Waals surface area (Å²) in [6.45, 7) is 0.316. The zero-order valence-corrected chi connectivity index (χ0v) is 16.7. The lowest BCUT2D eigenvalue weighted by Crippen LogP contribution is -2.23. The highest BCUT2D eigenvalue weighted by Gasteiger charge is 2.33. The van der Waals surface area contributed by atoms with E-state index in [1.807, 2.05) is 0 Å². The van der Waals surface area contributed by atoms with Crippen molar-refractivity contribution in [3.8, 4) is 5.75 Å². The lowest BCUT2D eigenvalue weighted by atomic mass is 10.1. The molecule has 0 radical (unpaired) electrons. The van der Waals surface area contributed by atoms with E-state index in [1.165, 1.54) is 24.1 Å².